The number of ether oxygens (including phenoxy) is 3. The maximum absolute atomic E-state index is 12.2. The zero-order valence-electron chi connectivity index (χ0n) is 14.3. The first-order chi connectivity index (χ1) is 12.1. The summed E-state index contributed by atoms with van der Waals surface area (Å²) in [7, 11) is 1.60. The van der Waals surface area contributed by atoms with E-state index in [2.05, 4.69) is 5.32 Å². The van der Waals surface area contributed by atoms with E-state index in [4.69, 9.17) is 25.8 Å². The third kappa shape index (κ3) is 6.19. The number of halogens is 1. The van der Waals surface area contributed by atoms with E-state index in [0.717, 1.165) is 5.75 Å². The van der Waals surface area contributed by atoms with E-state index in [1.165, 1.54) is 0 Å². The van der Waals surface area contributed by atoms with E-state index >= 15 is 0 Å². The molecule has 1 atom stereocenters. The SMILES string of the molecule is CC[C@H](Oc1cccc(Cl)c1)C(=O)NCCOc1cccc(OC)c1. The van der Waals surface area contributed by atoms with Gasteiger partial charge in [-0.3, -0.25) is 4.79 Å². The van der Waals surface area contributed by atoms with Gasteiger partial charge in [0.15, 0.2) is 6.10 Å². The Morgan fingerprint density at radius 2 is 1.84 bits per heavy atom. The smallest absolute Gasteiger partial charge is 0.261 e. The van der Waals surface area contributed by atoms with Crippen molar-refractivity contribution in [3.8, 4) is 17.2 Å². The van der Waals surface area contributed by atoms with Crippen LogP contribution in [0.5, 0.6) is 17.2 Å². The lowest BCUT2D eigenvalue weighted by molar-refractivity contribution is -0.128. The second kappa shape index (κ2) is 9.79. The summed E-state index contributed by atoms with van der Waals surface area (Å²) in [5.41, 5.74) is 0. The molecule has 1 amide bonds. The van der Waals surface area contributed by atoms with Crippen LogP contribution in [0.3, 0.4) is 0 Å². The van der Waals surface area contributed by atoms with Crippen LogP contribution in [0.25, 0.3) is 0 Å². The summed E-state index contributed by atoms with van der Waals surface area (Å²) in [6, 6.07) is 14.3. The molecule has 0 spiro atoms. The molecule has 0 unspecified atom stereocenters. The molecule has 1 N–H and O–H groups in total. The molecule has 2 rings (SSSR count). The minimum Gasteiger partial charge on any atom is -0.497 e. The van der Waals surface area contributed by atoms with E-state index in [1.54, 1.807) is 37.4 Å². The highest BCUT2D eigenvalue weighted by atomic mass is 35.5. The molecule has 2 aromatic carbocycles. The summed E-state index contributed by atoms with van der Waals surface area (Å²) in [6.45, 7) is 2.62. The zero-order valence-corrected chi connectivity index (χ0v) is 15.1. The first kappa shape index (κ1) is 18.9. The molecule has 0 saturated carbocycles. The van der Waals surface area contributed by atoms with Gasteiger partial charge in [-0.1, -0.05) is 30.7 Å². The van der Waals surface area contributed by atoms with Gasteiger partial charge in [-0.05, 0) is 36.8 Å². The highest BCUT2D eigenvalue weighted by Crippen LogP contribution is 2.20. The molecule has 2 aromatic rings. The molecular formula is C19H22ClNO4. The van der Waals surface area contributed by atoms with Gasteiger partial charge in [0.25, 0.3) is 5.91 Å². The van der Waals surface area contributed by atoms with Gasteiger partial charge < -0.3 is 19.5 Å². The van der Waals surface area contributed by atoms with Crippen LogP contribution in [0.1, 0.15) is 13.3 Å². The lowest BCUT2D eigenvalue weighted by atomic mass is 10.2. The summed E-state index contributed by atoms with van der Waals surface area (Å²) in [4.78, 5) is 12.2. The molecule has 134 valence electrons. The van der Waals surface area contributed by atoms with Gasteiger partial charge in [0.2, 0.25) is 0 Å². The van der Waals surface area contributed by atoms with Crippen LogP contribution >= 0.6 is 11.6 Å². The van der Waals surface area contributed by atoms with Crippen molar-refractivity contribution in [2.75, 3.05) is 20.3 Å². The van der Waals surface area contributed by atoms with Gasteiger partial charge >= 0.3 is 0 Å². The van der Waals surface area contributed by atoms with Crippen LogP contribution in [-0.2, 0) is 4.79 Å². The third-order valence-electron chi connectivity index (χ3n) is 3.45. The number of rotatable bonds is 9. The Hall–Kier alpha value is -2.40. The van der Waals surface area contributed by atoms with Gasteiger partial charge in [0.1, 0.15) is 23.9 Å². The standard InChI is InChI=1S/C19H22ClNO4/c1-3-18(25-17-9-4-6-14(20)12-17)19(22)21-10-11-24-16-8-5-7-15(13-16)23-2/h4-9,12-13,18H,3,10-11H2,1-2H3,(H,21,22)/t18-/m0/s1. The summed E-state index contributed by atoms with van der Waals surface area (Å²) in [6.07, 6.45) is -0.0231. The van der Waals surface area contributed by atoms with Crippen molar-refractivity contribution in [3.05, 3.63) is 53.6 Å². The molecule has 0 saturated heterocycles. The first-order valence-corrected chi connectivity index (χ1v) is 8.47. The van der Waals surface area contributed by atoms with Gasteiger partial charge in [0.05, 0.1) is 13.7 Å². The largest absolute Gasteiger partial charge is 0.497 e. The molecule has 6 heteroatoms. The van der Waals surface area contributed by atoms with Gasteiger partial charge in [0, 0.05) is 11.1 Å². The fraction of sp³-hybridized carbons (Fsp3) is 0.316. The van der Waals surface area contributed by atoms with Gasteiger partial charge in [-0.15, -0.1) is 0 Å². The minimum absolute atomic E-state index is 0.184. The Labute approximate surface area is 152 Å². The Morgan fingerprint density at radius 3 is 2.56 bits per heavy atom. The van der Waals surface area contributed by atoms with E-state index in [1.807, 2.05) is 25.1 Å². The summed E-state index contributed by atoms with van der Waals surface area (Å²) < 4.78 is 16.4. The fourth-order valence-corrected chi connectivity index (χ4v) is 2.36. The van der Waals surface area contributed by atoms with Crippen LogP contribution in [0.15, 0.2) is 48.5 Å². The van der Waals surface area contributed by atoms with E-state index < -0.39 is 6.10 Å². The van der Waals surface area contributed by atoms with Crippen molar-refractivity contribution < 1.29 is 19.0 Å². The van der Waals surface area contributed by atoms with Crippen molar-refractivity contribution in [2.45, 2.75) is 19.4 Å². The topological polar surface area (TPSA) is 56.8 Å². The Bertz CT molecular complexity index is 693. The van der Waals surface area contributed by atoms with E-state index in [0.29, 0.717) is 36.1 Å². The second-order valence-electron chi connectivity index (χ2n) is 5.29. The molecule has 25 heavy (non-hydrogen) atoms. The van der Waals surface area contributed by atoms with Crippen LogP contribution in [0.4, 0.5) is 0 Å². The average Bonchev–Trinajstić information content (AvgIpc) is 2.63. The number of amides is 1. The van der Waals surface area contributed by atoms with Gasteiger partial charge in [-0.25, -0.2) is 0 Å². The summed E-state index contributed by atoms with van der Waals surface area (Å²) in [5, 5.41) is 3.38. The summed E-state index contributed by atoms with van der Waals surface area (Å²) >= 11 is 5.93. The predicted octanol–water partition coefficient (Wildman–Crippen LogP) is 3.70. The maximum atomic E-state index is 12.2. The van der Waals surface area contributed by atoms with Crippen LogP contribution < -0.4 is 19.5 Å². The zero-order chi connectivity index (χ0) is 18.1. The first-order valence-electron chi connectivity index (χ1n) is 8.09. The van der Waals surface area contributed by atoms with Crippen LogP contribution in [0.2, 0.25) is 5.02 Å². The molecule has 0 aliphatic heterocycles. The minimum atomic E-state index is -0.574. The summed E-state index contributed by atoms with van der Waals surface area (Å²) in [5.74, 6) is 1.80. The highest BCUT2D eigenvalue weighted by Gasteiger charge is 2.18. The number of benzene rings is 2. The number of nitrogens with one attached hydrogen (secondary N) is 1. The molecule has 0 bridgehead atoms. The van der Waals surface area contributed by atoms with Crippen molar-refractivity contribution in [1.29, 1.82) is 0 Å². The number of methoxy groups -OCH3 is 1. The quantitative estimate of drug-likeness (QED) is 0.690. The van der Waals surface area contributed by atoms with Crippen LogP contribution in [0, 0.1) is 0 Å². The number of carbonyl (C=O) groups is 1. The molecule has 0 heterocycles. The molecule has 5 nitrogen and oxygen atoms in total. The van der Waals surface area contributed by atoms with E-state index in [9.17, 15) is 4.79 Å². The normalized spacial score (nSPS) is 11.5. The molecule has 0 fully saturated rings. The molecule has 0 radical (unpaired) electrons. The second-order valence-corrected chi connectivity index (χ2v) is 5.73. The van der Waals surface area contributed by atoms with Gasteiger partial charge in [-0.2, -0.15) is 0 Å². The molecular weight excluding hydrogens is 342 g/mol. The average molecular weight is 364 g/mol. The van der Waals surface area contributed by atoms with Crippen molar-refractivity contribution in [3.63, 3.8) is 0 Å². The van der Waals surface area contributed by atoms with Crippen LogP contribution in [-0.4, -0.2) is 32.3 Å². The van der Waals surface area contributed by atoms with E-state index in [-0.39, 0.29) is 5.91 Å². The van der Waals surface area contributed by atoms with Crippen molar-refractivity contribution in [1.82, 2.24) is 5.32 Å². The fourth-order valence-electron chi connectivity index (χ4n) is 2.17. The number of hydrogen-bond acceptors (Lipinski definition) is 4. The number of hydrogen-bond donors (Lipinski definition) is 1. The Balaban J connectivity index is 1.77. The van der Waals surface area contributed by atoms with Crippen molar-refractivity contribution in [2.24, 2.45) is 0 Å². The Morgan fingerprint density at radius 1 is 1.12 bits per heavy atom. The maximum Gasteiger partial charge on any atom is 0.261 e. The third-order valence-corrected chi connectivity index (χ3v) is 3.68. The molecule has 0 aromatic heterocycles. The number of carbonyl (C=O) groups excluding carboxylic acids is 1. The Kier molecular flexibility index (Phi) is 7.41. The monoisotopic (exact) mass is 363 g/mol. The lowest BCUT2D eigenvalue weighted by Crippen LogP contribution is -2.39. The van der Waals surface area contributed by atoms with Crippen molar-refractivity contribution >= 4 is 17.5 Å². The lowest BCUT2D eigenvalue weighted by Gasteiger charge is -2.17. The molecule has 0 aliphatic rings. The molecule has 0 aliphatic carbocycles. The highest BCUT2D eigenvalue weighted by molar-refractivity contribution is 6.30. The predicted molar refractivity (Wildman–Crippen MR) is 97.7 cm³/mol.